The smallest absolute Gasteiger partial charge is 0.277 e. The Kier molecular flexibility index (Phi) is 4.63. The zero-order valence-electron chi connectivity index (χ0n) is 15.6. The fourth-order valence-electron chi connectivity index (χ4n) is 3.68. The van der Waals surface area contributed by atoms with Gasteiger partial charge in [0.25, 0.3) is 5.91 Å². The first kappa shape index (κ1) is 17.3. The van der Waals surface area contributed by atoms with Gasteiger partial charge in [-0.05, 0) is 49.6 Å². The second kappa shape index (κ2) is 7.23. The van der Waals surface area contributed by atoms with Crippen LogP contribution in [0.1, 0.15) is 41.5 Å². The second-order valence-corrected chi connectivity index (χ2v) is 7.07. The van der Waals surface area contributed by atoms with Crippen molar-refractivity contribution in [2.24, 2.45) is 0 Å². The number of rotatable bonds is 4. The van der Waals surface area contributed by atoms with E-state index in [1.807, 2.05) is 47.4 Å². The van der Waals surface area contributed by atoms with Crippen LogP contribution in [0.5, 0.6) is 0 Å². The maximum absolute atomic E-state index is 13.0. The molecule has 136 valence electrons. The number of para-hydroxylation sites is 1. The van der Waals surface area contributed by atoms with Gasteiger partial charge < -0.3 is 10.2 Å². The summed E-state index contributed by atoms with van der Waals surface area (Å²) < 4.78 is 0. The van der Waals surface area contributed by atoms with Crippen LogP contribution >= 0.6 is 0 Å². The number of hydrogen-bond acceptors (Lipinski definition) is 3. The molecular weight excluding hydrogens is 334 g/mol. The molecule has 3 aromatic rings. The maximum Gasteiger partial charge on any atom is 0.277 e. The topological polar surface area (TPSA) is 45.2 Å². The van der Waals surface area contributed by atoms with Crippen molar-refractivity contribution < 1.29 is 4.79 Å². The van der Waals surface area contributed by atoms with Gasteiger partial charge in [0.15, 0.2) is 0 Å². The summed E-state index contributed by atoms with van der Waals surface area (Å²) in [6, 6.07) is 22.4. The number of carbonyl (C=O) groups is 1. The molecule has 2 unspecified atom stereocenters. The van der Waals surface area contributed by atoms with Crippen LogP contribution in [0.4, 0.5) is 11.4 Å². The molecular formula is C23H23N3O. The molecule has 0 fully saturated rings. The zero-order chi connectivity index (χ0) is 18.8. The molecule has 0 bridgehead atoms. The molecule has 1 aliphatic rings. The minimum atomic E-state index is -0.0462. The fraction of sp³-hybridized carbons (Fsp3) is 0.217. The average molecular weight is 357 g/mol. The van der Waals surface area contributed by atoms with Gasteiger partial charge >= 0.3 is 0 Å². The third kappa shape index (κ3) is 3.43. The predicted octanol–water partition coefficient (Wildman–Crippen LogP) is 4.85. The van der Waals surface area contributed by atoms with Gasteiger partial charge in [-0.15, -0.1) is 0 Å². The minimum absolute atomic E-state index is 0.0462. The molecule has 1 aromatic heterocycles. The molecule has 1 N–H and O–H groups in total. The Bertz CT molecular complexity index is 937. The van der Waals surface area contributed by atoms with Crippen molar-refractivity contribution in [1.29, 1.82) is 0 Å². The van der Waals surface area contributed by atoms with Crippen LogP contribution in [0.2, 0.25) is 0 Å². The molecule has 0 radical (unpaired) electrons. The van der Waals surface area contributed by atoms with Gasteiger partial charge in [-0.25, -0.2) is 4.98 Å². The Labute approximate surface area is 159 Å². The molecule has 0 spiro atoms. The highest BCUT2D eigenvalue weighted by molar-refractivity contribution is 6.06. The number of aromatic nitrogens is 1. The van der Waals surface area contributed by atoms with E-state index >= 15 is 0 Å². The highest BCUT2D eigenvalue weighted by Crippen LogP contribution is 2.32. The van der Waals surface area contributed by atoms with Crippen LogP contribution in [0.25, 0.3) is 0 Å². The third-order valence-electron chi connectivity index (χ3n) is 5.09. The van der Waals surface area contributed by atoms with Gasteiger partial charge in [0.1, 0.15) is 5.69 Å². The Hall–Kier alpha value is -3.14. The summed E-state index contributed by atoms with van der Waals surface area (Å²) in [6.45, 7) is 4.19. The van der Waals surface area contributed by atoms with Crippen molar-refractivity contribution >= 4 is 17.3 Å². The van der Waals surface area contributed by atoms with E-state index in [9.17, 15) is 4.79 Å². The van der Waals surface area contributed by atoms with Crippen LogP contribution in [0, 0.1) is 0 Å². The van der Waals surface area contributed by atoms with Gasteiger partial charge in [0, 0.05) is 17.8 Å². The van der Waals surface area contributed by atoms with Crippen molar-refractivity contribution in [2.75, 3.05) is 10.2 Å². The molecule has 0 saturated heterocycles. The molecule has 4 heteroatoms. The fourth-order valence-corrected chi connectivity index (χ4v) is 3.68. The summed E-state index contributed by atoms with van der Waals surface area (Å²) in [5.74, 6) is -0.0462. The molecule has 2 heterocycles. The van der Waals surface area contributed by atoms with E-state index in [-0.39, 0.29) is 18.0 Å². The molecule has 1 amide bonds. The molecule has 1 aliphatic heterocycles. The third-order valence-corrected chi connectivity index (χ3v) is 5.09. The second-order valence-electron chi connectivity index (χ2n) is 7.07. The quantitative estimate of drug-likeness (QED) is 0.726. The first-order valence-electron chi connectivity index (χ1n) is 9.32. The lowest BCUT2D eigenvalue weighted by Gasteiger charge is -2.22. The number of nitrogens with zero attached hydrogens (tertiary/aromatic N) is 2. The summed E-state index contributed by atoms with van der Waals surface area (Å²) in [7, 11) is 0. The summed E-state index contributed by atoms with van der Waals surface area (Å²) in [6.07, 6.45) is 2.62. The van der Waals surface area contributed by atoms with Crippen LogP contribution in [0.3, 0.4) is 0 Å². The monoisotopic (exact) mass is 357 g/mol. The van der Waals surface area contributed by atoms with E-state index in [2.05, 4.69) is 42.3 Å². The average Bonchev–Trinajstić information content (AvgIpc) is 3.04. The Balaban J connectivity index is 1.50. The maximum atomic E-state index is 13.0. The zero-order valence-corrected chi connectivity index (χ0v) is 15.6. The van der Waals surface area contributed by atoms with Crippen molar-refractivity contribution in [2.45, 2.75) is 32.4 Å². The van der Waals surface area contributed by atoms with Crippen LogP contribution < -0.4 is 10.2 Å². The van der Waals surface area contributed by atoms with Crippen molar-refractivity contribution in [3.05, 3.63) is 89.7 Å². The van der Waals surface area contributed by atoms with Gasteiger partial charge in [0.05, 0.1) is 11.9 Å². The van der Waals surface area contributed by atoms with Crippen LogP contribution in [0.15, 0.2) is 72.9 Å². The summed E-state index contributed by atoms with van der Waals surface area (Å²) in [5.41, 5.74) is 4.79. The van der Waals surface area contributed by atoms with E-state index in [1.165, 1.54) is 11.1 Å². The molecule has 0 aliphatic carbocycles. The van der Waals surface area contributed by atoms with E-state index in [0.29, 0.717) is 5.69 Å². The van der Waals surface area contributed by atoms with Gasteiger partial charge in [0.2, 0.25) is 0 Å². The SMILES string of the molecule is CC(Nc1ccc(C(=O)N2c3ccccc3CC2C)nc1)c1ccccc1. The lowest BCUT2D eigenvalue weighted by atomic mass is 10.1. The van der Waals surface area contributed by atoms with Gasteiger partial charge in [-0.3, -0.25) is 4.79 Å². The molecule has 27 heavy (non-hydrogen) atoms. The first-order chi connectivity index (χ1) is 13.1. The molecule has 2 aromatic carbocycles. The number of amides is 1. The molecule has 4 rings (SSSR count). The normalized spacial score (nSPS) is 16.7. The van der Waals surface area contributed by atoms with Gasteiger partial charge in [-0.2, -0.15) is 0 Å². The van der Waals surface area contributed by atoms with Crippen molar-refractivity contribution in [1.82, 2.24) is 4.98 Å². The lowest BCUT2D eigenvalue weighted by Crippen LogP contribution is -2.36. The minimum Gasteiger partial charge on any atom is -0.377 e. The van der Waals surface area contributed by atoms with Gasteiger partial charge in [-0.1, -0.05) is 48.5 Å². The Morgan fingerprint density at radius 3 is 2.56 bits per heavy atom. The van der Waals surface area contributed by atoms with Crippen molar-refractivity contribution in [3.63, 3.8) is 0 Å². The molecule has 4 nitrogen and oxygen atoms in total. The molecule has 2 atom stereocenters. The highest BCUT2D eigenvalue weighted by atomic mass is 16.2. The number of benzene rings is 2. The van der Waals surface area contributed by atoms with Crippen LogP contribution in [-0.4, -0.2) is 16.9 Å². The Morgan fingerprint density at radius 1 is 1.07 bits per heavy atom. The summed E-state index contributed by atoms with van der Waals surface area (Å²) >= 11 is 0. The number of anilines is 2. The first-order valence-corrected chi connectivity index (χ1v) is 9.32. The van der Waals surface area contributed by atoms with Crippen LogP contribution in [-0.2, 0) is 6.42 Å². The van der Waals surface area contributed by atoms with E-state index in [4.69, 9.17) is 0 Å². The number of pyridine rings is 1. The largest absolute Gasteiger partial charge is 0.377 e. The van der Waals surface area contributed by atoms with E-state index in [0.717, 1.165) is 17.8 Å². The number of nitrogens with one attached hydrogen (secondary N) is 1. The number of hydrogen-bond donors (Lipinski definition) is 1. The summed E-state index contributed by atoms with van der Waals surface area (Å²) in [4.78, 5) is 19.3. The molecule has 0 saturated carbocycles. The standard InChI is InChI=1S/C23H23N3O/c1-16-14-19-10-6-7-11-22(19)26(16)23(27)21-13-12-20(15-24-21)25-17(2)18-8-4-3-5-9-18/h3-13,15-17,25H,14H2,1-2H3. The van der Waals surface area contributed by atoms with Crippen molar-refractivity contribution in [3.8, 4) is 0 Å². The Morgan fingerprint density at radius 2 is 1.81 bits per heavy atom. The highest BCUT2D eigenvalue weighted by Gasteiger charge is 2.31. The van der Waals surface area contributed by atoms with E-state index in [1.54, 1.807) is 12.3 Å². The number of fused-ring (bicyclic) bond motifs is 1. The predicted molar refractivity (Wildman–Crippen MR) is 109 cm³/mol. The summed E-state index contributed by atoms with van der Waals surface area (Å²) in [5, 5.41) is 3.43. The lowest BCUT2D eigenvalue weighted by molar-refractivity contribution is 0.0976. The van der Waals surface area contributed by atoms with E-state index < -0.39 is 0 Å². The number of carbonyl (C=O) groups excluding carboxylic acids is 1.